The van der Waals surface area contributed by atoms with Gasteiger partial charge in [0.25, 0.3) is 5.09 Å². The predicted molar refractivity (Wildman–Crippen MR) is 74.8 cm³/mol. The number of amides is 1. The maximum absolute atomic E-state index is 12.0. The van der Waals surface area contributed by atoms with E-state index in [-0.39, 0.29) is 43.6 Å². The van der Waals surface area contributed by atoms with Gasteiger partial charge in [0.1, 0.15) is 12.2 Å². The molecule has 0 aliphatic carbocycles. The lowest BCUT2D eigenvalue weighted by molar-refractivity contribution is -0.769. The van der Waals surface area contributed by atoms with Gasteiger partial charge >= 0.3 is 0 Å². The molecule has 5 atom stereocenters. The van der Waals surface area contributed by atoms with Crippen LogP contribution in [0.4, 0.5) is 0 Å². The van der Waals surface area contributed by atoms with Crippen molar-refractivity contribution in [2.75, 3.05) is 24.8 Å². The molecule has 21 heavy (non-hydrogen) atoms. The van der Waals surface area contributed by atoms with Crippen LogP contribution in [0, 0.1) is 10.1 Å². The van der Waals surface area contributed by atoms with Gasteiger partial charge in [-0.05, 0) is 0 Å². The first-order valence-electron chi connectivity index (χ1n) is 6.31. The molecule has 0 spiro atoms. The molecule has 3 aliphatic rings. The molecule has 0 aromatic rings. The van der Waals surface area contributed by atoms with Crippen molar-refractivity contribution in [3.05, 3.63) is 10.1 Å². The summed E-state index contributed by atoms with van der Waals surface area (Å²) in [6, 6.07) is -0.494. The largest absolute Gasteiger partial charge is 0.371 e. The average Bonchev–Trinajstić information content (AvgIpc) is 3.09. The van der Waals surface area contributed by atoms with Crippen molar-refractivity contribution in [1.82, 2.24) is 10.6 Å². The van der Waals surface area contributed by atoms with Gasteiger partial charge in [0.15, 0.2) is 6.10 Å². The van der Waals surface area contributed by atoms with Crippen molar-refractivity contribution in [3.8, 4) is 0 Å². The van der Waals surface area contributed by atoms with Gasteiger partial charge in [-0.2, -0.15) is 0 Å². The van der Waals surface area contributed by atoms with E-state index in [4.69, 9.17) is 9.47 Å². The van der Waals surface area contributed by atoms with Crippen LogP contribution in [0.15, 0.2) is 0 Å². The third kappa shape index (κ3) is 3.51. The van der Waals surface area contributed by atoms with Gasteiger partial charge in [0.2, 0.25) is 5.91 Å². The molecule has 11 heteroatoms. The number of ether oxygens (including phenoxy) is 2. The topological polar surface area (TPSA) is 112 Å². The third-order valence-corrected chi connectivity index (χ3v) is 4.53. The minimum atomic E-state index is -0.842. The number of rotatable bonds is 4. The lowest BCUT2D eigenvalue weighted by Crippen LogP contribution is -2.50. The van der Waals surface area contributed by atoms with Crippen LogP contribution in [0.1, 0.15) is 0 Å². The first-order valence-corrected chi connectivity index (χ1v) is 7.46. The van der Waals surface area contributed by atoms with Crippen LogP contribution in [0.5, 0.6) is 0 Å². The molecule has 3 aliphatic heterocycles. The predicted octanol–water partition coefficient (Wildman–Crippen LogP) is -1.07. The van der Waals surface area contributed by atoms with Crippen LogP contribution in [0.3, 0.4) is 0 Å². The van der Waals surface area contributed by atoms with Gasteiger partial charge in [-0.25, -0.2) is 0 Å². The number of hydrogen-bond acceptors (Lipinski definition) is 8. The molecule has 120 valence electrons. The molecule has 0 aromatic heterocycles. The molecule has 3 saturated heterocycles. The molecule has 0 bridgehead atoms. The number of nitrogens with one attached hydrogen (secondary N) is 2. The smallest absolute Gasteiger partial charge is 0.294 e. The monoisotopic (exact) mass is 341 g/mol. The molecule has 2 N–H and O–H groups in total. The molecule has 9 nitrogen and oxygen atoms in total. The average molecular weight is 342 g/mol. The summed E-state index contributed by atoms with van der Waals surface area (Å²) in [5.41, 5.74) is 0. The Morgan fingerprint density at radius 1 is 1.38 bits per heavy atom. The van der Waals surface area contributed by atoms with Crippen molar-refractivity contribution in [2.45, 2.75) is 30.4 Å². The van der Waals surface area contributed by atoms with E-state index in [1.165, 1.54) is 0 Å². The summed E-state index contributed by atoms with van der Waals surface area (Å²) in [5.74, 6) is 1.41. The lowest BCUT2D eigenvalue weighted by atomic mass is 10.1. The molecule has 3 fully saturated rings. The summed E-state index contributed by atoms with van der Waals surface area (Å²) in [5, 5.41) is 15.5. The zero-order valence-electron chi connectivity index (χ0n) is 10.9. The number of nitrogens with zero attached hydrogens (tertiary/aromatic N) is 1. The fourth-order valence-corrected chi connectivity index (χ4v) is 3.58. The summed E-state index contributed by atoms with van der Waals surface area (Å²) in [6.45, 7) is 0.374. The SMILES string of the molecule is Cl.O=C(N[C@H]1CO[C@H]2[C@@H]1OC[C@@H]2O[N+](=O)[O-])C1CSCN1. The number of carbonyl (C=O) groups excluding carboxylic acids is 1. The highest BCUT2D eigenvalue weighted by atomic mass is 35.5. The van der Waals surface area contributed by atoms with Crippen LogP contribution >= 0.6 is 24.2 Å². The minimum Gasteiger partial charge on any atom is -0.371 e. The summed E-state index contributed by atoms with van der Waals surface area (Å²) < 4.78 is 10.9. The molecule has 0 radical (unpaired) electrons. The highest BCUT2D eigenvalue weighted by Crippen LogP contribution is 2.29. The molecular formula is C10H16ClN3O6S. The molecule has 0 saturated carbocycles. The summed E-state index contributed by atoms with van der Waals surface area (Å²) in [7, 11) is 0. The van der Waals surface area contributed by atoms with E-state index >= 15 is 0 Å². The van der Waals surface area contributed by atoms with E-state index in [9.17, 15) is 14.9 Å². The number of fused-ring (bicyclic) bond motifs is 1. The highest BCUT2D eigenvalue weighted by Gasteiger charge is 2.50. The van der Waals surface area contributed by atoms with Gasteiger partial charge in [0, 0.05) is 11.6 Å². The zero-order chi connectivity index (χ0) is 14.1. The van der Waals surface area contributed by atoms with Crippen molar-refractivity contribution < 1.29 is 24.2 Å². The van der Waals surface area contributed by atoms with E-state index in [0.717, 1.165) is 11.6 Å². The standard InChI is InChI=1S/C10H15N3O6S.ClH/c14-10(6-3-20-4-11-6)12-5-1-17-9-7(19-13(15)16)2-18-8(5)9;/h5-9,11H,1-4H2,(H,12,14);1H/t5-,6?,7-,8+,9+;/m0./s1. The molecular weight excluding hydrogens is 326 g/mol. The van der Waals surface area contributed by atoms with Crippen molar-refractivity contribution >= 4 is 30.1 Å². The van der Waals surface area contributed by atoms with Crippen molar-refractivity contribution in [2.24, 2.45) is 0 Å². The maximum atomic E-state index is 12.0. The summed E-state index contributed by atoms with van der Waals surface area (Å²) in [6.07, 6.45) is -1.62. The number of halogens is 1. The van der Waals surface area contributed by atoms with Crippen LogP contribution in [-0.4, -0.2) is 66.2 Å². The molecule has 1 unspecified atom stereocenters. The zero-order valence-corrected chi connectivity index (χ0v) is 12.6. The normalized spacial score (nSPS) is 37.6. The Bertz CT molecular complexity index is 410. The Kier molecular flexibility index (Phi) is 5.49. The molecule has 0 aromatic carbocycles. The Balaban J connectivity index is 0.00000161. The van der Waals surface area contributed by atoms with E-state index in [1.807, 2.05) is 0 Å². The summed E-state index contributed by atoms with van der Waals surface area (Å²) in [4.78, 5) is 26.9. The van der Waals surface area contributed by atoms with Crippen LogP contribution in [0.2, 0.25) is 0 Å². The Labute approximate surface area is 130 Å². The van der Waals surface area contributed by atoms with E-state index in [2.05, 4.69) is 15.5 Å². The summed E-state index contributed by atoms with van der Waals surface area (Å²) >= 11 is 1.67. The third-order valence-electron chi connectivity index (χ3n) is 3.59. The number of carbonyl (C=O) groups is 1. The van der Waals surface area contributed by atoms with Gasteiger partial charge in [-0.15, -0.1) is 34.3 Å². The highest BCUT2D eigenvalue weighted by molar-refractivity contribution is 7.99. The lowest BCUT2D eigenvalue weighted by Gasteiger charge is -2.19. The van der Waals surface area contributed by atoms with E-state index in [1.54, 1.807) is 11.8 Å². The number of thioether (sulfide) groups is 1. The second-order valence-corrected chi connectivity index (χ2v) is 5.88. The van der Waals surface area contributed by atoms with E-state index < -0.39 is 23.4 Å². The first kappa shape index (κ1) is 16.6. The van der Waals surface area contributed by atoms with E-state index in [0.29, 0.717) is 0 Å². The molecule has 3 heterocycles. The quantitative estimate of drug-likeness (QED) is 0.491. The Morgan fingerprint density at radius 2 is 2.14 bits per heavy atom. The van der Waals surface area contributed by atoms with Gasteiger partial charge in [-0.3, -0.25) is 10.1 Å². The fraction of sp³-hybridized carbons (Fsp3) is 0.900. The Morgan fingerprint density at radius 3 is 2.81 bits per heavy atom. The van der Waals surface area contributed by atoms with Gasteiger partial charge in [-0.1, -0.05) is 0 Å². The maximum Gasteiger partial charge on any atom is 0.294 e. The second kappa shape index (κ2) is 6.97. The van der Waals surface area contributed by atoms with Crippen LogP contribution < -0.4 is 10.6 Å². The molecule has 3 rings (SSSR count). The van der Waals surface area contributed by atoms with Gasteiger partial charge in [0.05, 0.1) is 25.3 Å². The van der Waals surface area contributed by atoms with Crippen LogP contribution in [0.25, 0.3) is 0 Å². The first-order chi connectivity index (χ1) is 9.65. The minimum absolute atomic E-state index is 0. The van der Waals surface area contributed by atoms with Gasteiger partial charge < -0.3 is 19.6 Å². The number of hydrogen-bond donors (Lipinski definition) is 2. The fourth-order valence-electron chi connectivity index (χ4n) is 2.64. The van der Waals surface area contributed by atoms with Crippen LogP contribution in [-0.2, 0) is 19.1 Å². The molecule has 1 amide bonds. The van der Waals surface area contributed by atoms with Crippen molar-refractivity contribution in [1.29, 1.82) is 0 Å². The van der Waals surface area contributed by atoms with Crippen molar-refractivity contribution in [3.63, 3.8) is 0 Å². The second-order valence-electron chi connectivity index (χ2n) is 4.85. The Hall–Kier alpha value is -0.810.